The Bertz CT molecular complexity index is 757. The smallest absolute Gasteiger partial charge is 0.328 e. The van der Waals surface area contributed by atoms with Crippen LogP contribution in [0.15, 0.2) is 36.5 Å². The number of hydrogen-bond donors (Lipinski definition) is 3. The molecule has 0 saturated heterocycles. The van der Waals surface area contributed by atoms with Crippen molar-refractivity contribution in [1.29, 1.82) is 0 Å². The topological polar surface area (TPSA) is 99.5 Å². The number of benzene rings is 1. The fourth-order valence-electron chi connectivity index (χ4n) is 1.82. The van der Waals surface area contributed by atoms with Gasteiger partial charge in [0.25, 0.3) is 5.91 Å². The number of nitrogens with zero attached hydrogens (tertiary/aromatic N) is 1. The largest absolute Gasteiger partial charge is 0.505 e. The number of amides is 1. The van der Waals surface area contributed by atoms with Crippen LogP contribution in [0.2, 0.25) is 0 Å². The molecule has 7 heteroatoms. The van der Waals surface area contributed by atoms with Gasteiger partial charge in [0, 0.05) is 11.8 Å². The average Bonchev–Trinajstić information content (AvgIpc) is 2.47. The minimum absolute atomic E-state index is 0.287. The zero-order valence-electron chi connectivity index (χ0n) is 12.5. The minimum Gasteiger partial charge on any atom is -0.505 e. The maximum atomic E-state index is 12.9. The first-order valence-electron chi connectivity index (χ1n) is 6.71. The Morgan fingerprint density at radius 2 is 1.78 bits per heavy atom. The molecule has 23 heavy (non-hydrogen) atoms. The standard InChI is InChI=1S/C16H15FN2O4/c1-16(2,15(22)23)19-14(21)13-12(20)7-10(8-18-13)9-3-5-11(17)6-4-9/h3-8,20H,1-2H3,(H,19,21)(H,22,23). The zero-order chi connectivity index (χ0) is 17.2. The molecule has 0 radical (unpaired) electrons. The normalized spacial score (nSPS) is 11.1. The van der Waals surface area contributed by atoms with E-state index in [1.165, 1.54) is 50.4 Å². The second kappa shape index (κ2) is 6.04. The molecule has 0 aliphatic rings. The van der Waals surface area contributed by atoms with E-state index in [1.807, 2.05) is 0 Å². The van der Waals surface area contributed by atoms with E-state index < -0.39 is 29.0 Å². The van der Waals surface area contributed by atoms with Gasteiger partial charge in [0.2, 0.25) is 0 Å². The number of hydrogen-bond acceptors (Lipinski definition) is 4. The van der Waals surface area contributed by atoms with Crippen molar-refractivity contribution in [1.82, 2.24) is 10.3 Å². The Labute approximate surface area is 131 Å². The Hall–Kier alpha value is -2.96. The minimum atomic E-state index is -1.50. The van der Waals surface area contributed by atoms with Gasteiger partial charge >= 0.3 is 5.97 Å². The van der Waals surface area contributed by atoms with Gasteiger partial charge in [0.15, 0.2) is 5.69 Å². The molecule has 3 N–H and O–H groups in total. The summed E-state index contributed by atoms with van der Waals surface area (Å²) in [5.41, 5.74) is -0.672. The maximum absolute atomic E-state index is 12.9. The van der Waals surface area contributed by atoms with Crippen molar-refractivity contribution in [2.75, 3.05) is 0 Å². The van der Waals surface area contributed by atoms with Gasteiger partial charge in [-0.3, -0.25) is 4.79 Å². The molecular formula is C16H15FN2O4. The fourth-order valence-corrected chi connectivity index (χ4v) is 1.82. The third kappa shape index (κ3) is 3.63. The zero-order valence-corrected chi connectivity index (χ0v) is 12.5. The highest BCUT2D eigenvalue weighted by Crippen LogP contribution is 2.25. The monoisotopic (exact) mass is 318 g/mol. The van der Waals surface area contributed by atoms with E-state index in [1.54, 1.807) is 0 Å². The molecule has 0 atom stereocenters. The lowest BCUT2D eigenvalue weighted by Crippen LogP contribution is -2.49. The summed E-state index contributed by atoms with van der Waals surface area (Å²) in [7, 11) is 0. The highest BCUT2D eigenvalue weighted by Gasteiger charge is 2.30. The van der Waals surface area contributed by atoms with Crippen LogP contribution in [0.4, 0.5) is 4.39 Å². The van der Waals surface area contributed by atoms with Gasteiger partial charge in [0.05, 0.1) is 0 Å². The lowest BCUT2D eigenvalue weighted by Gasteiger charge is -2.20. The molecule has 2 aromatic rings. The molecule has 1 amide bonds. The molecule has 6 nitrogen and oxygen atoms in total. The number of aromatic hydroxyl groups is 1. The highest BCUT2D eigenvalue weighted by atomic mass is 19.1. The molecule has 0 aliphatic heterocycles. The number of pyridine rings is 1. The number of carboxylic acid groups (broad SMARTS) is 1. The van der Waals surface area contributed by atoms with Gasteiger partial charge < -0.3 is 15.5 Å². The molecule has 0 aliphatic carbocycles. The van der Waals surface area contributed by atoms with Crippen molar-refractivity contribution < 1.29 is 24.2 Å². The summed E-state index contributed by atoms with van der Waals surface area (Å²) in [5, 5.41) is 21.2. The second-order valence-electron chi connectivity index (χ2n) is 5.48. The predicted molar refractivity (Wildman–Crippen MR) is 80.5 cm³/mol. The molecule has 0 saturated carbocycles. The SMILES string of the molecule is CC(C)(NC(=O)c1ncc(-c2ccc(F)cc2)cc1O)C(=O)O. The average molecular weight is 318 g/mol. The van der Waals surface area contributed by atoms with Crippen LogP contribution in [0, 0.1) is 5.82 Å². The predicted octanol–water partition coefficient (Wildman–Crippen LogP) is 2.19. The molecular weight excluding hydrogens is 303 g/mol. The molecule has 2 rings (SSSR count). The Morgan fingerprint density at radius 1 is 1.17 bits per heavy atom. The number of rotatable bonds is 4. The van der Waals surface area contributed by atoms with E-state index >= 15 is 0 Å². The Balaban J connectivity index is 2.27. The van der Waals surface area contributed by atoms with Crippen LogP contribution in [0.3, 0.4) is 0 Å². The number of carbonyl (C=O) groups is 2. The van der Waals surface area contributed by atoms with E-state index in [0.29, 0.717) is 11.1 Å². The molecule has 1 heterocycles. The van der Waals surface area contributed by atoms with Crippen molar-refractivity contribution >= 4 is 11.9 Å². The molecule has 1 aromatic carbocycles. The van der Waals surface area contributed by atoms with E-state index in [2.05, 4.69) is 10.3 Å². The van der Waals surface area contributed by atoms with E-state index in [4.69, 9.17) is 5.11 Å². The van der Waals surface area contributed by atoms with Crippen molar-refractivity contribution in [3.63, 3.8) is 0 Å². The van der Waals surface area contributed by atoms with Crippen LogP contribution in [0.25, 0.3) is 11.1 Å². The number of aromatic nitrogens is 1. The van der Waals surface area contributed by atoms with Crippen LogP contribution in [-0.2, 0) is 4.79 Å². The van der Waals surface area contributed by atoms with Crippen LogP contribution in [0.5, 0.6) is 5.75 Å². The third-order valence-corrected chi connectivity index (χ3v) is 3.22. The molecule has 0 bridgehead atoms. The number of carboxylic acids is 1. The van der Waals surface area contributed by atoms with Gasteiger partial charge in [-0.2, -0.15) is 0 Å². The van der Waals surface area contributed by atoms with Crippen molar-refractivity contribution in [3.05, 3.63) is 48.0 Å². The van der Waals surface area contributed by atoms with Crippen molar-refractivity contribution in [2.24, 2.45) is 0 Å². The van der Waals surface area contributed by atoms with Crippen molar-refractivity contribution in [2.45, 2.75) is 19.4 Å². The van der Waals surface area contributed by atoms with Gasteiger partial charge in [-0.1, -0.05) is 12.1 Å². The summed E-state index contributed by atoms with van der Waals surface area (Å²) in [6.07, 6.45) is 1.34. The third-order valence-electron chi connectivity index (χ3n) is 3.22. The van der Waals surface area contributed by atoms with Crippen molar-refractivity contribution in [3.8, 4) is 16.9 Å². The summed E-state index contributed by atoms with van der Waals surface area (Å²) in [5.74, 6) is -2.81. The number of halogens is 1. The number of carbonyl (C=O) groups excluding carboxylic acids is 1. The van der Waals surface area contributed by atoms with Crippen LogP contribution < -0.4 is 5.32 Å². The van der Waals surface area contributed by atoms with Crippen LogP contribution >= 0.6 is 0 Å². The Morgan fingerprint density at radius 3 is 2.30 bits per heavy atom. The van der Waals surface area contributed by atoms with Gasteiger partial charge in [-0.25, -0.2) is 14.2 Å². The van der Waals surface area contributed by atoms with E-state index in [0.717, 1.165) is 0 Å². The van der Waals surface area contributed by atoms with Gasteiger partial charge in [0.1, 0.15) is 17.1 Å². The molecule has 0 spiro atoms. The lowest BCUT2D eigenvalue weighted by molar-refractivity contribution is -0.143. The first kappa shape index (κ1) is 16.4. The molecule has 0 unspecified atom stereocenters. The molecule has 1 aromatic heterocycles. The number of aliphatic carboxylic acids is 1. The summed E-state index contributed by atoms with van der Waals surface area (Å²) in [6, 6.07) is 6.87. The second-order valence-corrected chi connectivity index (χ2v) is 5.48. The van der Waals surface area contributed by atoms with Crippen LogP contribution in [-0.4, -0.2) is 32.6 Å². The quantitative estimate of drug-likeness (QED) is 0.802. The summed E-state index contributed by atoms with van der Waals surface area (Å²) >= 11 is 0. The lowest BCUT2D eigenvalue weighted by atomic mass is 10.0. The summed E-state index contributed by atoms with van der Waals surface area (Å²) < 4.78 is 12.9. The molecule has 120 valence electrons. The Kier molecular flexibility index (Phi) is 4.31. The highest BCUT2D eigenvalue weighted by molar-refractivity contribution is 5.98. The first-order chi connectivity index (χ1) is 10.7. The summed E-state index contributed by atoms with van der Waals surface area (Å²) in [4.78, 5) is 26.9. The number of nitrogens with one attached hydrogen (secondary N) is 1. The van der Waals surface area contributed by atoms with E-state index in [-0.39, 0.29) is 5.69 Å². The summed E-state index contributed by atoms with van der Waals surface area (Å²) in [6.45, 7) is 2.63. The first-order valence-corrected chi connectivity index (χ1v) is 6.71. The maximum Gasteiger partial charge on any atom is 0.328 e. The van der Waals surface area contributed by atoms with Gasteiger partial charge in [-0.05, 0) is 37.6 Å². The fraction of sp³-hybridized carbons (Fsp3) is 0.188. The van der Waals surface area contributed by atoms with E-state index in [9.17, 15) is 19.1 Å². The van der Waals surface area contributed by atoms with Gasteiger partial charge in [-0.15, -0.1) is 0 Å². The molecule has 0 fully saturated rings. The van der Waals surface area contributed by atoms with Crippen LogP contribution in [0.1, 0.15) is 24.3 Å².